The molecule has 1 aliphatic rings. The number of benzene rings is 2. The lowest BCUT2D eigenvalue weighted by Gasteiger charge is -2.31. The van der Waals surface area contributed by atoms with Crippen molar-refractivity contribution < 1.29 is 24.2 Å². The minimum Gasteiger partial charge on any atom is -0.481 e. The molecule has 3 aromatic rings. The number of likely N-dealkylation sites (tertiary alicyclic amines) is 1. The van der Waals surface area contributed by atoms with Crippen LogP contribution in [0.2, 0.25) is 10.0 Å². The number of aromatic nitrogens is 2. The van der Waals surface area contributed by atoms with Crippen LogP contribution in [-0.4, -0.2) is 50.2 Å². The number of ether oxygens (including phenoxy) is 1. The van der Waals surface area contributed by atoms with Gasteiger partial charge in [-0.2, -0.15) is 8.84 Å². The molecule has 0 amide bonds. The maximum Gasteiger partial charge on any atom is 0.303 e. The number of nitrogens with one attached hydrogen (secondary N) is 1. The Morgan fingerprint density at radius 2 is 2.05 bits per heavy atom. The number of anilines is 2. The molecule has 14 heteroatoms. The van der Waals surface area contributed by atoms with Crippen molar-refractivity contribution in [2.45, 2.75) is 32.1 Å². The maximum atomic E-state index is 14.9. The van der Waals surface area contributed by atoms with Crippen molar-refractivity contribution >= 4 is 63.7 Å². The fraction of sp³-hybridized carbons (Fsp3) is 0.375. The van der Waals surface area contributed by atoms with Crippen molar-refractivity contribution in [3.63, 3.8) is 0 Å². The second-order valence-corrected chi connectivity index (χ2v) is 11.1. The first-order chi connectivity index (χ1) is 18.3. The van der Waals surface area contributed by atoms with Crippen LogP contribution in [0.5, 0.6) is 11.5 Å². The van der Waals surface area contributed by atoms with Crippen LogP contribution in [0, 0.1) is 11.7 Å². The fourth-order valence-corrected chi connectivity index (χ4v) is 5.60. The number of rotatable bonds is 12. The molecule has 0 bridgehead atoms. The highest BCUT2D eigenvalue weighted by molar-refractivity contribution is 8.01. The third kappa shape index (κ3) is 8.08. The van der Waals surface area contributed by atoms with Gasteiger partial charge in [0.2, 0.25) is 5.13 Å². The molecule has 2 heterocycles. The highest BCUT2D eigenvalue weighted by Gasteiger charge is 2.21. The van der Waals surface area contributed by atoms with Gasteiger partial charge in [0.25, 0.3) is 0 Å². The molecular weight excluding hydrogens is 576 g/mol. The first-order valence-corrected chi connectivity index (χ1v) is 14.2. The van der Waals surface area contributed by atoms with Crippen LogP contribution >= 0.6 is 46.9 Å². The van der Waals surface area contributed by atoms with Crippen molar-refractivity contribution in [2.75, 3.05) is 28.8 Å². The second kappa shape index (κ2) is 13.6. The summed E-state index contributed by atoms with van der Waals surface area (Å²) in [6.45, 7) is 2.63. The number of aryl methyl sites for hydroxylation is 1. The molecule has 0 unspecified atom stereocenters. The van der Waals surface area contributed by atoms with E-state index in [1.165, 1.54) is 12.4 Å². The summed E-state index contributed by atoms with van der Waals surface area (Å²) in [5.74, 6) is -0.610. The summed E-state index contributed by atoms with van der Waals surface area (Å²) in [6.07, 6.45) is 4.90. The molecule has 0 aliphatic carbocycles. The lowest BCUT2D eigenvalue weighted by atomic mass is 9.93. The van der Waals surface area contributed by atoms with Gasteiger partial charge in [-0.1, -0.05) is 23.2 Å². The van der Waals surface area contributed by atoms with Crippen LogP contribution in [0.3, 0.4) is 0 Å². The lowest BCUT2D eigenvalue weighted by Crippen LogP contribution is -2.35. The number of halogens is 3. The topological polar surface area (TPSA) is 111 Å². The van der Waals surface area contributed by atoms with Gasteiger partial charge in [0.05, 0.1) is 17.2 Å². The molecule has 2 aromatic carbocycles. The number of carboxylic acid groups (broad SMARTS) is 1. The average molecular weight is 603 g/mol. The van der Waals surface area contributed by atoms with E-state index < -0.39 is 11.8 Å². The highest BCUT2D eigenvalue weighted by atomic mass is 35.5. The van der Waals surface area contributed by atoms with Crippen LogP contribution in [0.1, 0.15) is 31.2 Å². The standard InChI is InChI=1S/C24H26Cl2FN5O4S2/c25-17-3-4-21(16(11-17)2-1-7-31-8-5-15(6-9-31)10-23(33)34)36-22-13-19(27)20(12-18(22)26)32(35)38-30-24-28-14-29-37-24/h3-4,11-15,35H,1-2,5-10H2,(H,33,34)(H,28,29,30). The molecule has 1 aromatic heterocycles. The van der Waals surface area contributed by atoms with E-state index in [1.54, 1.807) is 12.1 Å². The number of hydrogen-bond donors (Lipinski definition) is 3. The quantitative estimate of drug-likeness (QED) is 0.152. The monoisotopic (exact) mass is 601 g/mol. The third-order valence-electron chi connectivity index (χ3n) is 6.12. The van der Waals surface area contributed by atoms with E-state index >= 15 is 0 Å². The van der Waals surface area contributed by atoms with Gasteiger partial charge in [0, 0.05) is 29.0 Å². The molecule has 38 heavy (non-hydrogen) atoms. The number of piperidine rings is 1. The smallest absolute Gasteiger partial charge is 0.303 e. The number of hydrogen-bond acceptors (Lipinski definition) is 10. The molecule has 0 atom stereocenters. The summed E-state index contributed by atoms with van der Waals surface area (Å²) in [5.41, 5.74) is 0.701. The largest absolute Gasteiger partial charge is 0.481 e. The van der Waals surface area contributed by atoms with Crippen molar-refractivity contribution in [3.8, 4) is 11.5 Å². The first kappa shape index (κ1) is 28.7. The van der Waals surface area contributed by atoms with Crippen LogP contribution in [0.15, 0.2) is 36.7 Å². The minimum absolute atomic E-state index is 0.104. The van der Waals surface area contributed by atoms with Crippen molar-refractivity contribution in [2.24, 2.45) is 5.92 Å². The van der Waals surface area contributed by atoms with E-state index in [4.69, 9.17) is 33.0 Å². The van der Waals surface area contributed by atoms with Gasteiger partial charge in [0.1, 0.15) is 23.5 Å². The van der Waals surface area contributed by atoms with Gasteiger partial charge >= 0.3 is 5.97 Å². The molecule has 4 rings (SSSR count). The number of carboxylic acids is 1. The Kier molecular flexibility index (Phi) is 10.3. The van der Waals surface area contributed by atoms with Crippen LogP contribution < -0.4 is 13.9 Å². The van der Waals surface area contributed by atoms with Crippen LogP contribution in [-0.2, 0) is 11.2 Å². The van der Waals surface area contributed by atoms with Gasteiger partial charge in [-0.15, -0.1) is 0 Å². The Bertz CT molecular complexity index is 1230. The van der Waals surface area contributed by atoms with E-state index in [1.807, 2.05) is 6.07 Å². The molecule has 0 spiro atoms. The molecule has 1 saturated heterocycles. The molecule has 9 nitrogen and oxygen atoms in total. The van der Waals surface area contributed by atoms with E-state index in [9.17, 15) is 14.4 Å². The Morgan fingerprint density at radius 3 is 2.76 bits per heavy atom. The zero-order chi connectivity index (χ0) is 27.1. The van der Waals surface area contributed by atoms with Gasteiger partial charge in [-0.3, -0.25) is 14.7 Å². The first-order valence-electron chi connectivity index (χ1n) is 11.9. The van der Waals surface area contributed by atoms with E-state index in [0.717, 1.165) is 62.1 Å². The zero-order valence-corrected chi connectivity index (χ0v) is 23.3. The Morgan fingerprint density at radius 1 is 1.26 bits per heavy atom. The van der Waals surface area contributed by atoms with Crippen LogP contribution in [0.25, 0.3) is 0 Å². The molecule has 3 N–H and O–H groups in total. The van der Waals surface area contributed by atoms with Gasteiger partial charge in [-0.25, -0.2) is 9.37 Å². The summed E-state index contributed by atoms with van der Waals surface area (Å²) in [4.78, 5) is 17.2. The normalized spacial score (nSPS) is 14.4. The number of nitrogens with zero attached hydrogens (tertiary/aromatic N) is 4. The summed E-state index contributed by atoms with van der Waals surface area (Å²) in [7, 11) is 0. The molecule has 1 aliphatic heterocycles. The number of aliphatic carboxylic acids is 1. The zero-order valence-electron chi connectivity index (χ0n) is 20.1. The molecule has 0 radical (unpaired) electrons. The van der Waals surface area contributed by atoms with Gasteiger partial charge < -0.3 is 14.7 Å². The van der Waals surface area contributed by atoms with Crippen molar-refractivity contribution in [3.05, 3.63) is 58.1 Å². The average Bonchev–Trinajstić information content (AvgIpc) is 3.40. The number of carbonyl (C=O) groups is 1. The van der Waals surface area contributed by atoms with E-state index in [0.29, 0.717) is 38.9 Å². The van der Waals surface area contributed by atoms with E-state index in [-0.39, 0.29) is 28.8 Å². The van der Waals surface area contributed by atoms with Gasteiger partial charge in [0.15, 0.2) is 5.82 Å². The maximum absolute atomic E-state index is 14.9. The van der Waals surface area contributed by atoms with E-state index in [2.05, 4.69) is 19.0 Å². The van der Waals surface area contributed by atoms with Crippen LogP contribution in [0.4, 0.5) is 15.2 Å². The summed E-state index contributed by atoms with van der Waals surface area (Å²) in [6, 6.07) is 7.62. The SMILES string of the molecule is O=C(O)CC1CCN(CCCc2cc(Cl)ccc2Oc2cc(F)c(N(O)SNc3ncns3)cc2Cl)CC1. The third-order valence-corrected chi connectivity index (χ3v) is 8.02. The highest BCUT2D eigenvalue weighted by Crippen LogP contribution is 2.38. The van der Waals surface area contributed by atoms with Crippen molar-refractivity contribution in [1.82, 2.24) is 14.3 Å². The summed E-state index contributed by atoms with van der Waals surface area (Å²) in [5, 5.41) is 20.4. The second-order valence-electron chi connectivity index (χ2n) is 8.79. The predicted molar refractivity (Wildman–Crippen MR) is 148 cm³/mol. The lowest BCUT2D eigenvalue weighted by molar-refractivity contribution is -0.138. The fourth-order valence-electron chi connectivity index (χ4n) is 4.21. The minimum atomic E-state index is -0.736. The molecule has 1 fully saturated rings. The summed E-state index contributed by atoms with van der Waals surface area (Å²) >= 11 is 14.4. The predicted octanol–water partition coefficient (Wildman–Crippen LogP) is 6.77. The molecular formula is C24H26Cl2FN5O4S2. The Hall–Kier alpha value is -2.35. The molecule has 204 valence electrons. The van der Waals surface area contributed by atoms with Crippen molar-refractivity contribution in [1.29, 1.82) is 0 Å². The van der Waals surface area contributed by atoms with Gasteiger partial charge in [-0.05, 0) is 81.1 Å². The molecule has 0 saturated carbocycles. The summed E-state index contributed by atoms with van der Waals surface area (Å²) < 4.78 is 28.0. The Balaban J connectivity index is 1.36. The Labute approximate surface area is 237 Å².